The summed E-state index contributed by atoms with van der Waals surface area (Å²) >= 11 is 0. The van der Waals surface area contributed by atoms with Crippen molar-refractivity contribution in [3.63, 3.8) is 0 Å². The molecule has 0 radical (unpaired) electrons. The maximum atomic E-state index is 12.0. The predicted molar refractivity (Wildman–Crippen MR) is 104 cm³/mol. The van der Waals surface area contributed by atoms with Crippen LogP contribution in [0.5, 0.6) is 0 Å². The molecular weight excluding hydrogens is 336 g/mol. The van der Waals surface area contributed by atoms with E-state index in [4.69, 9.17) is 4.74 Å². The summed E-state index contributed by atoms with van der Waals surface area (Å²) in [6.07, 6.45) is 15.5. The van der Waals surface area contributed by atoms with Crippen LogP contribution < -0.4 is 0 Å². The minimum Gasteiger partial charge on any atom is -0.458 e. The van der Waals surface area contributed by atoms with E-state index in [1.165, 1.54) is 18.4 Å². The number of carbonyl (C=O) groups excluding carboxylic acids is 2. The van der Waals surface area contributed by atoms with Crippen LogP contribution in [0.2, 0.25) is 0 Å². The number of hydrogen-bond acceptors (Lipinski definition) is 3. The van der Waals surface area contributed by atoms with Gasteiger partial charge in [0.05, 0.1) is 0 Å². The molecule has 6 atom stereocenters. The molecule has 3 fully saturated rings. The first-order valence-electron chi connectivity index (χ1n) is 10.9. The van der Waals surface area contributed by atoms with E-state index in [0.29, 0.717) is 24.7 Å². The van der Waals surface area contributed by atoms with E-state index >= 15 is 0 Å². The maximum absolute atomic E-state index is 12.0. The van der Waals surface area contributed by atoms with Gasteiger partial charge in [-0.1, -0.05) is 32.9 Å². The van der Waals surface area contributed by atoms with E-state index in [2.05, 4.69) is 32.9 Å². The highest BCUT2D eigenvalue weighted by molar-refractivity contribution is 5.92. The van der Waals surface area contributed by atoms with Crippen molar-refractivity contribution >= 4 is 11.8 Å². The zero-order valence-corrected chi connectivity index (χ0v) is 17.0. The van der Waals surface area contributed by atoms with Crippen molar-refractivity contribution in [1.82, 2.24) is 0 Å². The van der Waals surface area contributed by atoms with Gasteiger partial charge in [-0.15, -0.1) is 0 Å². The van der Waals surface area contributed by atoms with E-state index in [-0.39, 0.29) is 33.6 Å². The van der Waals surface area contributed by atoms with Gasteiger partial charge in [0.15, 0.2) is 5.78 Å². The van der Waals surface area contributed by atoms with Gasteiger partial charge in [-0.05, 0) is 79.3 Å². The third kappa shape index (κ3) is 2.15. The van der Waals surface area contributed by atoms with E-state index in [0.717, 1.165) is 32.1 Å². The first-order valence-corrected chi connectivity index (χ1v) is 10.9. The number of ether oxygens (including phenoxy) is 1. The van der Waals surface area contributed by atoms with Gasteiger partial charge in [0.25, 0.3) is 0 Å². The lowest BCUT2D eigenvalue weighted by molar-refractivity contribution is -0.169. The molecule has 146 valence electrons. The van der Waals surface area contributed by atoms with Crippen LogP contribution in [0.15, 0.2) is 23.8 Å². The predicted octanol–water partition coefficient (Wildman–Crippen LogP) is 5.15. The number of ketones is 1. The van der Waals surface area contributed by atoms with Crippen molar-refractivity contribution in [3.05, 3.63) is 23.8 Å². The first kappa shape index (κ1) is 17.7. The Kier molecular flexibility index (Phi) is 3.51. The van der Waals surface area contributed by atoms with Gasteiger partial charge < -0.3 is 4.74 Å². The number of fused-ring (bicyclic) bond motifs is 4. The highest BCUT2D eigenvalue weighted by Gasteiger charge is 2.69. The van der Waals surface area contributed by atoms with E-state index in [1.54, 1.807) is 0 Å². The smallest absolute Gasteiger partial charge is 0.306 e. The molecule has 2 saturated carbocycles. The molecule has 3 nitrogen and oxygen atoms in total. The highest BCUT2D eigenvalue weighted by Crippen LogP contribution is 2.71. The van der Waals surface area contributed by atoms with Crippen LogP contribution in [-0.4, -0.2) is 17.4 Å². The Balaban J connectivity index is 1.59. The van der Waals surface area contributed by atoms with E-state index in [9.17, 15) is 9.59 Å². The quantitative estimate of drug-likeness (QED) is 0.555. The Morgan fingerprint density at radius 3 is 2.59 bits per heavy atom. The second-order valence-corrected chi connectivity index (χ2v) is 10.7. The fourth-order valence-corrected chi connectivity index (χ4v) is 7.85. The van der Waals surface area contributed by atoms with Crippen molar-refractivity contribution in [1.29, 1.82) is 0 Å². The lowest BCUT2D eigenvalue weighted by Crippen LogP contribution is -2.56. The summed E-state index contributed by atoms with van der Waals surface area (Å²) in [4.78, 5) is 24.0. The molecule has 0 bridgehead atoms. The molecule has 5 aliphatic rings. The Morgan fingerprint density at radius 1 is 1.04 bits per heavy atom. The van der Waals surface area contributed by atoms with Gasteiger partial charge in [0.1, 0.15) is 5.60 Å². The third-order valence-corrected chi connectivity index (χ3v) is 9.56. The fraction of sp³-hybridized carbons (Fsp3) is 0.750. The molecule has 0 aromatic rings. The Morgan fingerprint density at radius 2 is 1.85 bits per heavy atom. The molecule has 1 saturated heterocycles. The Hall–Kier alpha value is -1.38. The average molecular weight is 369 g/mol. The molecule has 27 heavy (non-hydrogen) atoms. The second-order valence-electron chi connectivity index (χ2n) is 10.7. The number of hydrogen-bond donors (Lipinski definition) is 0. The molecule has 1 heterocycles. The van der Waals surface area contributed by atoms with Gasteiger partial charge >= 0.3 is 5.97 Å². The number of allylic oxidation sites excluding steroid dienone is 4. The topological polar surface area (TPSA) is 43.4 Å². The minimum atomic E-state index is -0.227. The first-order chi connectivity index (χ1) is 12.7. The number of carbonyl (C=O) groups is 2. The minimum absolute atomic E-state index is 0.00621. The molecular formula is C24H32O3. The lowest BCUT2D eigenvalue weighted by atomic mass is 9.44. The van der Waals surface area contributed by atoms with Gasteiger partial charge in [0, 0.05) is 18.3 Å². The molecule has 0 N–H and O–H groups in total. The van der Waals surface area contributed by atoms with Crippen molar-refractivity contribution in [2.24, 2.45) is 28.1 Å². The SMILES string of the molecule is CC1CCC2(C)C(CC[C@@]23CCC(=O)O3)C12C=CC1=CC(=O)CCC1(C)C2. The molecule has 0 aromatic carbocycles. The standard InChI is InChI=1S/C24H32O3/c1-16-4-10-22(3)19(7-12-24(22)13-8-20(26)27-24)23(16)11-5-17-14-18(25)6-9-21(17,2)15-23/h5,11,14,16,19H,4,6-10,12-13,15H2,1-3H3/t16?,19?,21?,22?,23?,24-/m1/s1. The van der Waals surface area contributed by atoms with Crippen LogP contribution in [0, 0.1) is 28.1 Å². The van der Waals surface area contributed by atoms with Crippen LogP contribution >= 0.6 is 0 Å². The zero-order chi connectivity index (χ0) is 19.1. The summed E-state index contributed by atoms with van der Waals surface area (Å²) in [5.41, 5.74) is 1.37. The molecule has 3 heteroatoms. The van der Waals surface area contributed by atoms with Gasteiger partial charge in [-0.2, -0.15) is 0 Å². The molecule has 0 aromatic heterocycles. The number of rotatable bonds is 0. The molecule has 5 rings (SSSR count). The summed E-state index contributed by atoms with van der Waals surface area (Å²) in [7, 11) is 0. The summed E-state index contributed by atoms with van der Waals surface area (Å²) < 4.78 is 6.08. The summed E-state index contributed by atoms with van der Waals surface area (Å²) in [6.45, 7) is 7.22. The monoisotopic (exact) mass is 368 g/mol. The highest BCUT2D eigenvalue weighted by atomic mass is 16.6. The van der Waals surface area contributed by atoms with Crippen molar-refractivity contribution in [3.8, 4) is 0 Å². The fourth-order valence-electron chi connectivity index (χ4n) is 7.85. The summed E-state index contributed by atoms with van der Waals surface area (Å²) in [6, 6.07) is 0. The van der Waals surface area contributed by atoms with Crippen LogP contribution in [-0.2, 0) is 14.3 Å². The summed E-state index contributed by atoms with van der Waals surface area (Å²) in [5.74, 6) is 1.48. The molecule has 2 spiro atoms. The maximum Gasteiger partial charge on any atom is 0.306 e. The van der Waals surface area contributed by atoms with Gasteiger partial charge in [-0.3, -0.25) is 9.59 Å². The van der Waals surface area contributed by atoms with Crippen LogP contribution in [0.3, 0.4) is 0 Å². The van der Waals surface area contributed by atoms with Crippen molar-refractivity contribution in [2.45, 2.75) is 84.2 Å². The Bertz CT molecular complexity index is 778. The Labute approximate surface area is 162 Å². The largest absolute Gasteiger partial charge is 0.458 e. The zero-order valence-electron chi connectivity index (χ0n) is 17.0. The van der Waals surface area contributed by atoms with Crippen molar-refractivity contribution < 1.29 is 14.3 Å². The van der Waals surface area contributed by atoms with Crippen LogP contribution in [0.25, 0.3) is 0 Å². The number of esters is 1. The van der Waals surface area contributed by atoms with Gasteiger partial charge in [0.2, 0.25) is 0 Å². The molecule has 0 amide bonds. The second kappa shape index (κ2) is 5.36. The van der Waals surface area contributed by atoms with Crippen LogP contribution in [0.4, 0.5) is 0 Å². The molecule has 5 unspecified atom stereocenters. The van der Waals surface area contributed by atoms with Gasteiger partial charge in [-0.25, -0.2) is 0 Å². The van der Waals surface area contributed by atoms with E-state index in [1.807, 2.05) is 6.08 Å². The van der Waals surface area contributed by atoms with Crippen LogP contribution in [0.1, 0.15) is 78.6 Å². The van der Waals surface area contributed by atoms with Crippen molar-refractivity contribution in [2.75, 3.05) is 0 Å². The van der Waals surface area contributed by atoms with E-state index < -0.39 is 0 Å². The average Bonchev–Trinajstić information content (AvgIpc) is 3.14. The molecule has 1 aliphatic heterocycles. The normalized spacial score (nSPS) is 51.3. The molecule has 4 aliphatic carbocycles. The lowest BCUT2D eigenvalue weighted by Gasteiger charge is -2.60. The third-order valence-electron chi connectivity index (χ3n) is 9.56. The summed E-state index contributed by atoms with van der Waals surface area (Å²) in [5, 5.41) is 0.